The van der Waals surface area contributed by atoms with Gasteiger partial charge in [-0.05, 0) is 26.8 Å². The van der Waals surface area contributed by atoms with Gasteiger partial charge >= 0.3 is 0 Å². The van der Waals surface area contributed by atoms with Gasteiger partial charge in [-0.3, -0.25) is 4.68 Å². The second-order valence-corrected chi connectivity index (χ2v) is 4.24. The van der Waals surface area contributed by atoms with E-state index in [1.54, 1.807) is 18.5 Å². The molecular formula is C10H19N3O. The standard InChI is InChI=1S/C10H19N3O/c1-8(10(2,3)14)11-7-9-5-6-13(4)12-9/h5-6,8,11,14H,7H2,1-4H3. The smallest absolute Gasteiger partial charge is 0.0762 e. The predicted octanol–water partition coefficient (Wildman–Crippen LogP) is 0.669. The molecule has 1 rings (SSSR count). The highest BCUT2D eigenvalue weighted by Gasteiger charge is 2.21. The van der Waals surface area contributed by atoms with E-state index >= 15 is 0 Å². The van der Waals surface area contributed by atoms with Crippen molar-refractivity contribution in [2.45, 2.75) is 39.0 Å². The average molecular weight is 197 g/mol. The van der Waals surface area contributed by atoms with Crippen LogP contribution in [0, 0.1) is 0 Å². The maximum atomic E-state index is 9.68. The average Bonchev–Trinajstić information content (AvgIpc) is 2.45. The van der Waals surface area contributed by atoms with E-state index < -0.39 is 5.60 Å². The first kappa shape index (κ1) is 11.2. The van der Waals surface area contributed by atoms with E-state index in [0.29, 0.717) is 6.54 Å². The monoisotopic (exact) mass is 197 g/mol. The maximum Gasteiger partial charge on any atom is 0.0762 e. The minimum absolute atomic E-state index is 0.0458. The van der Waals surface area contributed by atoms with Crippen molar-refractivity contribution < 1.29 is 5.11 Å². The Morgan fingerprint density at radius 3 is 2.71 bits per heavy atom. The van der Waals surface area contributed by atoms with E-state index in [9.17, 15) is 5.11 Å². The normalized spacial score (nSPS) is 14.4. The molecule has 0 spiro atoms. The quantitative estimate of drug-likeness (QED) is 0.746. The molecule has 0 fully saturated rings. The highest BCUT2D eigenvalue weighted by Crippen LogP contribution is 2.08. The molecule has 1 heterocycles. The van der Waals surface area contributed by atoms with Crippen molar-refractivity contribution in [3.63, 3.8) is 0 Å². The van der Waals surface area contributed by atoms with Crippen molar-refractivity contribution in [1.29, 1.82) is 0 Å². The molecule has 0 aromatic carbocycles. The summed E-state index contributed by atoms with van der Waals surface area (Å²) in [6, 6.07) is 2.01. The molecule has 1 unspecified atom stereocenters. The SMILES string of the molecule is CC(NCc1ccn(C)n1)C(C)(C)O. The van der Waals surface area contributed by atoms with Gasteiger partial charge in [0.1, 0.15) is 0 Å². The first-order valence-electron chi connectivity index (χ1n) is 4.84. The second-order valence-electron chi connectivity index (χ2n) is 4.24. The topological polar surface area (TPSA) is 50.1 Å². The van der Waals surface area contributed by atoms with Crippen molar-refractivity contribution in [3.8, 4) is 0 Å². The zero-order valence-corrected chi connectivity index (χ0v) is 9.28. The Balaban J connectivity index is 2.41. The van der Waals surface area contributed by atoms with Crippen molar-refractivity contribution in [2.24, 2.45) is 7.05 Å². The molecule has 1 atom stereocenters. The van der Waals surface area contributed by atoms with Gasteiger partial charge in [0.15, 0.2) is 0 Å². The molecule has 0 aliphatic carbocycles. The largest absolute Gasteiger partial charge is 0.389 e. The van der Waals surface area contributed by atoms with Crippen LogP contribution < -0.4 is 5.32 Å². The first-order chi connectivity index (χ1) is 6.39. The van der Waals surface area contributed by atoms with E-state index in [1.165, 1.54) is 0 Å². The molecular weight excluding hydrogens is 178 g/mol. The number of nitrogens with zero attached hydrogens (tertiary/aromatic N) is 2. The molecule has 2 N–H and O–H groups in total. The Labute approximate surface area is 84.9 Å². The molecule has 0 aliphatic heterocycles. The number of aryl methyl sites for hydroxylation is 1. The van der Waals surface area contributed by atoms with Crippen molar-refractivity contribution in [3.05, 3.63) is 18.0 Å². The fourth-order valence-corrected chi connectivity index (χ4v) is 1.06. The third-order valence-corrected chi connectivity index (χ3v) is 2.42. The van der Waals surface area contributed by atoms with Crippen LogP contribution in [0.3, 0.4) is 0 Å². The van der Waals surface area contributed by atoms with Gasteiger partial charge in [-0.1, -0.05) is 0 Å². The van der Waals surface area contributed by atoms with Crippen LogP contribution in [0.15, 0.2) is 12.3 Å². The van der Waals surface area contributed by atoms with Crippen LogP contribution in [0.1, 0.15) is 26.5 Å². The number of hydrogen-bond acceptors (Lipinski definition) is 3. The predicted molar refractivity (Wildman–Crippen MR) is 55.8 cm³/mol. The molecule has 1 aromatic heterocycles. The van der Waals surface area contributed by atoms with E-state index in [0.717, 1.165) is 5.69 Å². The van der Waals surface area contributed by atoms with Crippen LogP contribution in [-0.2, 0) is 13.6 Å². The highest BCUT2D eigenvalue weighted by atomic mass is 16.3. The Bertz CT molecular complexity index is 288. The molecule has 80 valence electrons. The molecule has 0 aliphatic rings. The maximum absolute atomic E-state index is 9.68. The summed E-state index contributed by atoms with van der Waals surface area (Å²) in [5, 5.41) is 17.1. The van der Waals surface area contributed by atoms with Crippen LogP contribution in [0.2, 0.25) is 0 Å². The lowest BCUT2D eigenvalue weighted by atomic mass is 10.0. The van der Waals surface area contributed by atoms with Gasteiger partial charge in [0.05, 0.1) is 11.3 Å². The fraction of sp³-hybridized carbons (Fsp3) is 0.700. The number of rotatable bonds is 4. The summed E-state index contributed by atoms with van der Waals surface area (Å²) >= 11 is 0. The Morgan fingerprint density at radius 1 is 1.64 bits per heavy atom. The summed E-state index contributed by atoms with van der Waals surface area (Å²) < 4.78 is 1.77. The van der Waals surface area contributed by atoms with Crippen molar-refractivity contribution in [1.82, 2.24) is 15.1 Å². The molecule has 0 bridgehead atoms. The van der Waals surface area contributed by atoms with E-state index in [4.69, 9.17) is 0 Å². The zero-order valence-electron chi connectivity index (χ0n) is 9.28. The van der Waals surface area contributed by atoms with Gasteiger partial charge in [-0.25, -0.2) is 0 Å². The lowest BCUT2D eigenvalue weighted by Gasteiger charge is -2.26. The van der Waals surface area contributed by atoms with Gasteiger partial charge in [0.25, 0.3) is 0 Å². The van der Waals surface area contributed by atoms with Crippen LogP contribution >= 0.6 is 0 Å². The Kier molecular flexibility index (Phi) is 3.29. The highest BCUT2D eigenvalue weighted by molar-refractivity contribution is 4.98. The van der Waals surface area contributed by atoms with E-state index in [-0.39, 0.29) is 6.04 Å². The summed E-state index contributed by atoms with van der Waals surface area (Å²) in [6.07, 6.45) is 1.91. The van der Waals surface area contributed by atoms with Crippen LogP contribution in [-0.4, -0.2) is 26.5 Å². The van der Waals surface area contributed by atoms with Gasteiger partial charge in [0.2, 0.25) is 0 Å². The van der Waals surface area contributed by atoms with Crippen molar-refractivity contribution >= 4 is 0 Å². The molecule has 4 nitrogen and oxygen atoms in total. The molecule has 0 amide bonds. The molecule has 0 saturated carbocycles. The van der Waals surface area contributed by atoms with Gasteiger partial charge in [0, 0.05) is 25.8 Å². The number of nitrogens with one attached hydrogen (secondary N) is 1. The van der Waals surface area contributed by atoms with Crippen LogP contribution in [0.5, 0.6) is 0 Å². The number of hydrogen-bond donors (Lipinski definition) is 2. The lowest BCUT2D eigenvalue weighted by molar-refractivity contribution is 0.0436. The number of aliphatic hydroxyl groups is 1. The van der Waals surface area contributed by atoms with Crippen LogP contribution in [0.4, 0.5) is 0 Å². The Hall–Kier alpha value is -0.870. The van der Waals surface area contributed by atoms with Crippen molar-refractivity contribution in [2.75, 3.05) is 0 Å². The third kappa shape index (κ3) is 3.12. The Morgan fingerprint density at radius 2 is 2.29 bits per heavy atom. The van der Waals surface area contributed by atoms with Gasteiger partial charge < -0.3 is 10.4 Å². The van der Waals surface area contributed by atoms with Gasteiger partial charge in [-0.15, -0.1) is 0 Å². The minimum Gasteiger partial charge on any atom is -0.389 e. The zero-order chi connectivity index (χ0) is 10.8. The summed E-state index contributed by atoms with van der Waals surface area (Å²) in [7, 11) is 1.89. The molecule has 0 radical (unpaired) electrons. The summed E-state index contributed by atoms with van der Waals surface area (Å²) in [4.78, 5) is 0. The van der Waals surface area contributed by atoms with E-state index in [1.807, 2.05) is 26.2 Å². The minimum atomic E-state index is -0.700. The second kappa shape index (κ2) is 4.11. The molecule has 1 aromatic rings. The molecule has 4 heteroatoms. The summed E-state index contributed by atoms with van der Waals surface area (Å²) in [6.45, 7) is 6.24. The summed E-state index contributed by atoms with van der Waals surface area (Å²) in [5.74, 6) is 0. The van der Waals surface area contributed by atoms with E-state index in [2.05, 4.69) is 10.4 Å². The summed E-state index contributed by atoms with van der Waals surface area (Å²) in [5.41, 5.74) is 0.290. The number of aromatic nitrogens is 2. The third-order valence-electron chi connectivity index (χ3n) is 2.42. The van der Waals surface area contributed by atoms with Crippen LogP contribution in [0.25, 0.3) is 0 Å². The van der Waals surface area contributed by atoms with Gasteiger partial charge in [-0.2, -0.15) is 5.10 Å². The molecule has 14 heavy (non-hydrogen) atoms. The lowest BCUT2D eigenvalue weighted by Crippen LogP contribution is -2.44. The first-order valence-corrected chi connectivity index (χ1v) is 4.84. The molecule has 0 saturated heterocycles. The fourth-order valence-electron chi connectivity index (χ4n) is 1.06.